The highest BCUT2D eigenvalue weighted by atomic mass is 16.4. The van der Waals surface area contributed by atoms with Crippen LogP contribution in [0.5, 0.6) is 0 Å². The molecule has 0 aliphatic rings. The summed E-state index contributed by atoms with van der Waals surface area (Å²) in [6.07, 6.45) is 0.121. The molecule has 0 aromatic heterocycles. The van der Waals surface area contributed by atoms with Gasteiger partial charge in [0.2, 0.25) is 5.91 Å². The Hall–Kier alpha value is -1.14. The molecule has 6 heteroatoms. The molecule has 0 aliphatic carbocycles. The molecule has 5 N–H and O–H groups in total. The van der Waals surface area contributed by atoms with E-state index in [2.05, 4.69) is 5.32 Å². The summed E-state index contributed by atoms with van der Waals surface area (Å²) >= 11 is 0. The van der Waals surface area contributed by atoms with Crippen molar-refractivity contribution in [1.82, 2.24) is 5.32 Å². The van der Waals surface area contributed by atoms with Crippen molar-refractivity contribution < 1.29 is 19.8 Å². The number of carbonyl (C=O) groups is 2. The first kappa shape index (κ1) is 11.9. The van der Waals surface area contributed by atoms with Gasteiger partial charge in [0.05, 0.1) is 6.54 Å². The molecule has 0 bridgehead atoms. The average Bonchev–Trinajstić information content (AvgIpc) is 2.01. The maximum atomic E-state index is 10.8. The topological polar surface area (TPSA) is 113 Å². The van der Waals surface area contributed by atoms with Crippen LogP contribution in [-0.4, -0.2) is 40.8 Å². The van der Waals surface area contributed by atoms with Gasteiger partial charge in [0.1, 0.15) is 0 Å². The zero-order valence-corrected chi connectivity index (χ0v) is 7.41. The molecule has 0 fully saturated rings. The van der Waals surface area contributed by atoms with Crippen molar-refractivity contribution in [2.75, 3.05) is 13.1 Å². The third kappa shape index (κ3) is 4.44. The molecule has 0 saturated carbocycles. The number of hydrogen-bond donors (Lipinski definition) is 4. The smallest absolute Gasteiger partial charge is 0.337 e. The molecular formula is C7H14N2O4. The molecule has 76 valence electrons. The minimum atomic E-state index is -1.93. The SMILES string of the molecule is CC(O)(CNC(=O)CCN)C(=O)O. The van der Waals surface area contributed by atoms with E-state index >= 15 is 0 Å². The predicted molar refractivity (Wildman–Crippen MR) is 44.9 cm³/mol. The Morgan fingerprint density at radius 1 is 1.54 bits per heavy atom. The number of rotatable bonds is 5. The summed E-state index contributed by atoms with van der Waals surface area (Å²) < 4.78 is 0. The molecule has 1 atom stereocenters. The van der Waals surface area contributed by atoms with Gasteiger partial charge >= 0.3 is 5.97 Å². The van der Waals surface area contributed by atoms with Crippen molar-refractivity contribution >= 4 is 11.9 Å². The van der Waals surface area contributed by atoms with Crippen LogP contribution in [0.15, 0.2) is 0 Å². The lowest BCUT2D eigenvalue weighted by atomic mass is 10.1. The van der Waals surface area contributed by atoms with Gasteiger partial charge in [-0.05, 0) is 6.92 Å². The second-order valence-corrected chi connectivity index (χ2v) is 2.89. The van der Waals surface area contributed by atoms with E-state index in [9.17, 15) is 9.59 Å². The Bertz CT molecular complexity index is 203. The molecule has 0 spiro atoms. The van der Waals surface area contributed by atoms with Crippen LogP contribution in [-0.2, 0) is 9.59 Å². The Balaban J connectivity index is 3.88. The number of carboxylic acids is 1. The highest BCUT2D eigenvalue weighted by Crippen LogP contribution is 2.00. The van der Waals surface area contributed by atoms with Crippen molar-refractivity contribution in [3.63, 3.8) is 0 Å². The van der Waals surface area contributed by atoms with Crippen molar-refractivity contribution in [2.45, 2.75) is 18.9 Å². The molecular weight excluding hydrogens is 176 g/mol. The van der Waals surface area contributed by atoms with Gasteiger partial charge < -0.3 is 21.3 Å². The van der Waals surface area contributed by atoms with E-state index in [-0.39, 0.29) is 25.4 Å². The third-order valence-corrected chi connectivity index (χ3v) is 1.46. The lowest BCUT2D eigenvalue weighted by Crippen LogP contribution is -2.46. The van der Waals surface area contributed by atoms with Gasteiger partial charge in [0.15, 0.2) is 5.60 Å². The number of carboxylic acid groups (broad SMARTS) is 1. The lowest BCUT2D eigenvalue weighted by molar-refractivity contribution is -0.156. The zero-order valence-electron chi connectivity index (χ0n) is 7.41. The summed E-state index contributed by atoms with van der Waals surface area (Å²) in [5.74, 6) is -1.75. The quantitative estimate of drug-likeness (QED) is 0.412. The number of hydrogen-bond acceptors (Lipinski definition) is 4. The first-order valence-electron chi connectivity index (χ1n) is 3.82. The molecule has 0 aromatic carbocycles. The minimum Gasteiger partial charge on any atom is -0.479 e. The standard InChI is InChI=1S/C7H14N2O4/c1-7(13,6(11)12)4-9-5(10)2-3-8/h13H,2-4,8H2,1H3,(H,9,10)(H,11,12). The molecule has 0 heterocycles. The highest BCUT2D eigenvalue weighted by molar-refractivity contribution is 5.80. The number of aliphatic carboxylic acids is 1. The highest BCUT2D eigenvalue weighted by Gasteiger charge is 2.29. The molecule has 6 nitrogen and oxygen atoms in total. The van der Waals surface area contributed by atoms with E-state index in [0.717, 1.165) is 6.92 Å². The summed E-state index contributed by atoms with van der Waals surface area (Å²) in [6, 6.07) is 0. The lowest BCUT2D eigenvalue weighted by Gasteiger charge is -2.17. The van der Waals surface area contributed by atoms with Crippen LogP contribution >= 0.6 is 0 Å². The molecule has 0 aromatic rings. The first-order valence-corrected chi connectivity index (χ1v) is 3.82. The summed E-state index contributed by atoms with van der Waals surface area (Å²) in [5, 5.41) is 19.9. The van der Waals surface area contributed by atoms with Crippen molar-refractivity contribution in [3.8, 4) is 0 Å². The van der Waals surface area contributed by atoms with E-state index in [1.54, 1.807) is 0 Å². The van der Waals surface area contributed by atoms with Crippen LogP contribution in [0, 0.1) is 0 Å². The number of carbonyl (C=O) groups excluding carboxylic acids is 1. The van der Waals surface area contributed by atoms with E-state index in [0.29, 0.717) is 0 Å². The minimum absolute atomic E-state index is 0.121. The predicted octanol–water partition coefficient (Wildman–Crippen LogP) is -1.71. The molecule has 1 amide bonds. The zero-order chi connectivity index (χ0) is 10.5. The van der Waals surface area contributed by atoms with Gasteiger partial charge in [-0.1, -0.05) is 0 Å². The fourth-order valence-electron chi connectivity index (χ4n) is 0.566. The van der Waals surface area contributed by atoms with Crippen LogP contribution in [0.4, 0.5) is 0 Å². The van der Waals surface area contributed by atoms with Crippen LogP contribution in [0.2, 0.25) is 0 Å². The Morgan fingerprint density at radius 3 is 2.46 bits per heavy atom. The van der Waals surface area contributed by atoms with Gasteiger partial charge in [0, 0.05) is 13.0 Å². The van der Waals surface area contributed by atoms with E-state index in [4.69, 9.17) is 15.9 Å². The maximum absolute atomic E-state index is 10.8. The average molecular weight is 190 g/mol. The summed E-state index contributed by atoms with van der Waals surface area (Å²) in [6.45, 7) is 0.986. The number of aliphatic hydroxyl groups is 1. The van der Waals surface area contributed by atoms with Crippen LogP contribution in [0.1, 0.15) is 13.3 Å². The monoisotopic (exact) mass is 190 g/mol. The molecule has 13 heavy (non-hydrogen) atoms. The first-order chi connectivity index (χ1) is 5.90. The van der Waals surface area contributed by atoms with E-state index in [1.165, 1.54) is 0 Å². The Morgan fingerprint density at radius 2 is 2.08 bits per heavy atom. The Labute approximate surface area is 75.7 Å². The van der Waals surface area contributed by atoms with Crippen LogP contribution in [0.3, 0.4) is 0 Å². The van der Waals surface area contributed by atoms with Gasteiger partial charge in [-0.15, -0.1) is 0 Å². The maximum Gasteiger partial charge on any atom is 0.337 e. The van der Waals surface area contributed by atoms with E-state index < -0.39 is 11.6 Å². The molecule has 0 aliphatic heterocycles. The van der Waals surface area contributed by atoms with Crippen LogP contribution < -0.4 is 11.1 Å². The van der Waals surface area contributed by atoms with Gasteiger partial charge in [-0.2, -0.15) is 0 Å². The van der Waals surface area contributed by atoms with Crippen LogP contribution in [0.25, 0.3) is 0 Å². The van der Waals surface area contributed by atoms with Crippen molar-refractivity contribution in [2.24, 2.45) is 5.73 Å². The van der Waals surface area contributed by atoms with Gasteiger partial charge in [-0.3, -0.25) is 4.79 Å². The molecule has 0 radical (unpaired) electrons. The molecule has 0 saturated heterocycles. The van der Waals surface area contributed by atoms with E-state index in [1.807, 2.05) is 0 Å². The normalized spacial score (nSPS) is 14.7. The van der Waals surface area contributed by atoms with Crippen molar-refractivity contribution in [1.29, 1.82) is 0 Å². The number of amides is 1. The second kappa shape index (κ2) is 4.78. The summed E-state index contributed by atoms with van der Waals surface area (Å²) in [4.78, 5) is 21.2. The van der Waals surface area contributed by atoms with Gasteiger partial charge in [-0.25, -0.2) is 4.79 Å². The molecule has 0 rings (SSSR count). The summed E-state index contributed by atoms with van der Waals surface area (Å²) in [7, 11) is 0. The summed E-state index contributed by atoms with van der Waals surface area (Å²) in [5.41, 5.74) is 3.16. The Kier molecular flexibility index (Phi) is 4.36. The van der Waals surface area contributed by atoms with Crippen molar-refractivity contribution in [3.05, 3.63) is 0 Å². The number of nitrogens with one attached hydrogen (secondary N) is 1. The fraction of sp³-hybridized carbons (Fsp3) is 0.714. The van der Waals surface area contributed by atoms with Gasteiger partial charge in [0.25, 0.3) is 0 Å². The third-order valence-electron chi connectivity index (χ3n) is 1.46. The number of nitrogens with two attached hydrogens (primary N) is 1. The fourth-order valence-corrected chi connectivity index (χ4v) is 0.566. The molecule has 1 unspecified atom stereocenters. The largest absolute Gasteiger partial charge is 0.479 e. The second-order valence-electron chi connectivity index (χ2n) is 2.89.